The van der Waals surface area contributed by atoms with Gasteiger partial charge >= 0.3 is 0 Å². The normalized spacial score (nSPS) is 19.8. The summed E-state index contributed by atoms with van der Waals surface area (Å²) in [5.41, 5.74) is 2.55. The van der Waals surface area contributed by atoms with Crippen molar-refractivity contribution in [2.45, 2.75) is 24.5 Å². The number of thioether (sulfide) groups is 1. The van der Waals surface area contributed by atoms with Gasteiger partial charge in [0.2, 0.25) is 0 Å². The van der Waals surface area contributed by atoms with E-state index in [-0.39, 0.29) is 0 Å². The molecule has 0 saturated carbocycles. The lowest BCUT2D eigenvalue weighted by Crippen LogP contribution is -2.43. The van der Waals surface area contributed by atoms with Crippen molar-refractivity contribution in [3.8, 4) is 0 Å². The summed E-state index contributed by atoms with van der Waals surface area (Å²) in [4.78, 5) is 2.47. The molecule has 0 radical (unpaired) electrons. The van der Waals surface area contributed by atoms with Crippen molar-refractivity contribution in [1.82, 2.24) is 0 Å². The Hall–Kier alpha value is -0.340. The first-order chi connectivity index (χ1) is 7.62. The van der Waals surface area contributed by atoms with Crippen LogP contribution in [0.3, 0.4) is 0 Å². The molecule has 0 atom stereocenters. The predicted molar refractivity (Wildman–Crippen MR) is 74.7 cm³/mol. The highest BCUT2D eigenvalue weighted by Crippen LogP contribution is 2.33. The molecule has 16 heavy (non-hydrogen) atoms. The number of rotatable bonds is 2. The Labute approximate surface area is 107 Å². The molecule has 3 heteroatoms. The second-order valence-corrected chi connectivity index (χ2v) is 6.86. The summed E-state index contributed by atoms with van der Waals surface area (Å²) < 4.78 is 0.345. The number of halogens is 1. The van der Waals surface area contributed by atoms with E-state index in [4.69, 9.17) is 11.6 Å². The largest absolute Gasteiger partial charge is 0.369 e. The minimum atomic E-state index is 0.345. The van der Waals surface area contributed by atoms with Gasteiger partial charge < -0.3 is 4.90 Å². The average Bonchev–Trinajstić information content (AvgIpc) is 2.27. The quantitative estimate of drug-likeness (QED) is 0.741. The van der Waals surface area contributed by atoms with E-state index in [1.54, 1.807) is 0 Å². The zero-order valence-electron chi connectivity index (χ0n) is 9.87. The summed E-state index contributed by atoms with van der Waals surface area (Å²) in [6.45, 7) is 6.85. The molecule has 1 aliphatic rings. The van der Waals surface area contributed by atoms with Gasteiger partial charge in [0.25, 0.3) is 0 Å². The number of hydrogen-bond donors (Lipinski definition) is 0. The summed E-state index contributed by atoms with van der Waals surface area (Å²) in [5.74, 6) is 1.80. The van der Waals surface area contributed by atoms with Gasteiger partial charge in [-0.15, -0.1) is 11.6 Å². The van der Waals surface area contributed by atoms with Crippen LogP contribution in [0.2, 0.25) is 0 Å². The van der Waals surface area contributed by atoms with Crippen LogP contribution in [-0.4, -0.2) is 23.6 Å². The highest BCUT2D eigenvalue weighted by Gasteiger charge is 2.27. The number of anilines is 1. The third kappa shape index (κ3) is 2.67. The van der Waals surface area contributed by atoms with Gasteiger partial charge in [-0.3, -0.25) is 0 Å². The molecule has 1 saturated heterocycles. The minimum Gasteiger partial charge on any atom is -0.369 e. The summed E-state index contributed by atoms with van der Waals surface area (Å²) in [5, 5.41) is 0. The van der Waals surface area contributed by atoms with Gasteiger partial charge in [-0.05, 0) is 25.5 Å². The number of nitrogens with zero attached hydrogens (tertiary/aromatic N) is 1. The summed E-state index contributed by atoms with van der Waals surface area (Å²) in [6.07, 6.45) is 0. The molecule has 0 unspecified atom stereocenters. The van der Waals surface area contributed by atoms with Crippen molar-refractivity contribution in [3.05, 3.63) is 29.8 Å². The molecule has 0 aliphatic carbocycles. The van der Waals surface area contributed by atoms with E-state index < -0.39 is 0 Å². The van der Waals surface area contributed by atoms with Crippen molar-refractivity contribution in [1.29, 1.82) is 0 Å². The smallest absolute Gasteiger partial charge is 0.0494 e. The van der Waals surface area contributed by atoms with Crippen molar-refractivity contribution in [2.75, 3.05) is 23.7 Å². The fourth-order valence-corrected chi connectivity index (χ4v) is 3.49. The van der Waals surface area contributed by atoms with Crippen LogP contribution in [-0.2, 0) is 5.88 Å². The summed E-state index contributed by atoms with van der Waals surface area (Å²) in [7, 11) is 0. The third-order valence-corrected chi connectivity index (χ3v) is 4.49. The van der Waals surface area contributed by atoms with Crippen LogP contribution < -0.4 is 4.90 Å². The molecule has 1 aromatic rings. The SMILES string of the molecule is CC1(C)CN(c2ccccc2CCl)CCS1. The van der Waals surface area contributed by atoms with E-state index in [0.29, 0.717) is 10.6 Å². The minimum absolute atomic E-state index is 0.345. The lowest BCUT2D eigenvalue weighted by Gasteiger charge is -2.39. The summed E-state index contributed by atoms with van der Waals surface area (Å²) >= 11 is 8.05. The Bertz CT molecular complexity index is 365. The molecule has 88 valence electrons. The van der Waals surface area contributed by atoms with Crippen LogP contribution in [0, 0.1) is 0 Å². The zero-order chi connectivity index (χ0) is 11.6. The van der Waals surface area contributed by atoms with Gasteiger partial charge in [0, 0.05) is 35.2 Å². The monoisotopic (exact) mass is 255 g/mol. The molecule has 0 amide bonds. The molecule has 1 aromatic carbocycles. The van der Waals surface area contributed by atoms with E-state index >= 15 is 0 Å². The van der Waals surface area contributed by atoms with E-state index in [0.717, 1.165) is 13.1 Å². The van der Waals surface area contributed by atoms with Crippen LogP contribution in [0.25, 0.3) is 0 Å². The molecule has 0 bridgehead atoms. The zero-order valence-corrected chi connectivity index (χ0v) is 11.4. The Balaban J connectivity index is 2.23. The maximum atomic E-state index is 5.99. The van der Waals surface area contributed by atoms with Crippen LogP contribution in [0.4, 0.5) is 5.69 Å². The number of benzene rings is 1. The second kappa shape index (κ2) is 4.89. The fourth-order valence-electron chi connectivity index (χ4n) is 2.15. The van der Waals surface area contributed by atoms with E-state index in [1.807, 2.05) is 0 Å². The molecule has 0 spiro atoms. The number of hydrogen-bond acceptors (Lipinski definition) is 2. The molecule has 0 aromatic heterocycles. The van der Waals surface area contributed by atoms with Crippen molar-refractivity contribution in [3.63, 3.8) is 0 Å². The van der Waals surface area contributed by atoms with Gasteiger partial charge in [0.15, 0.2) is 0 Å². The molecule has 1 heterocycles. The standard InChI is InChI=1S/C13H18ClNS/c1-13(2)10-15(7-8-16-13)12-6-4-3-5-11(12)9-14/h3-6H,7-10H2,1-2H3. The van der Waals surface area contributed by atoms with Crippen LogP contribution >= 0.6 is 23.4 Å². The van der Waals surface area contributed by atoms with E-state index in [1.165, 1.54) is 17.0 Å². The first kappa shape index (κ1) is 12.1. The molecular formula is C13H18ClNS. The Morgan fingerprint density at radius 1 is 1.38 bits per heavy atom. The van der Waals surface area contributed by atoms with Crippen LogP contribution in [0.1, 0.15) is 19.4 Å². The Morgan fingerprint density at radius 2 is 2.12 bits per heavy atom. The van der Waals surface area contributed by atoms with Gasteiger partial charge in [-0.1, -0.05) is 18.2 Å². The highest BCUT2D eigenvalue weighted by atomic mass is 35.5. The number of para-hydroxylation sites is 1. The lowest BCUT2D eigenvalue weighted by molar-refractivity contribution is 0.646. The van der Waals surface area contributed by atoms with Gasteiger partial charge in [0.05, 0.1) is 0 Å². The molecule has 1 fully saturated rings. The Kier molecular flexibility index (Phi) is 3.70. The van der Waals surface area contributed by atoms with Crippen LogP contribution in [0.15, 0.2) is 24.3 Å². The van der Waals surface area contributed by atoms with Gasteiger partial charge in [-0.2, -0.15) is 11.8 Å². The maximum absolute atomic E-state index is 5.99. The molecular weight excluding hydrogens is 238 g/mol. The molecule has 0 N–H and O–H groups in total. The van der Waals surface area contributed by atoms with Crippen molar-refractivity contribution < 1.29 is 0 Å². The lowest BCUT2D eigenvalue weighted by atomic mass is 10.1. The number of alkyl halides is 1. The molecule has 2 rings (SSSR count). The second-order valence-electron chi connectivity index (χ2n) is 4.79. The molecule has 1 nitrogen and oxygen atoms in total. The first-order valence-corrected chi connectivity index (χ1v) is 7.17. The van der Waals surface area contributed by atoms with Crippen LogP contribution in [0.5, 0.6) is 0 Å². The van der Waals surface area contributed by atoms with Crippen molar-refractivity contribution >= 4 is 29.1 Å². The topological polar surface area (TPSA) is 3.24 Å². The third-order valence-electron chi connectivity index (χ3n) is 2.90. The van der Waals surface area contributed by atoms with E-state index in [9.17, 15) is 0 Å². The summed E-state index contributed by atoms with van der Waals surface area (Å²) in [6, 6.07) is 8.46. The van der Waals surface area contributed by atoms with Gasteiger partial charge in [-0.25, -0.2) is 0 Å². The van der Waals surface area contributed by atoms with E-state index in [2.05, 4.69) is 54.8 Å². The average molecular weight is 256 g/mol. The highest BCUT2D eigenvalue weighted by molar-refractivity contribution is 8.00. The predicted octanol–water partition coefficient (Wildman–Crippen LogP) is 3.76. The van der Waals surface area contributed by atoms with Gasteiger partial charge in [0.1, 0.15) is 0 Å². The molecule has 1 aliphatic heterocycles. The first-order valence-electron chi connectivity index (χ1n) is 5.65. The fraction of sp³-hybridized carbons (Fsp3) is 0.538. The Morgan fingerprint density at radius 3 is 2.81 bits per heavy atom. The maximum Gasteiger partial charge on any atom is 0.0494 e. The van der Waals surface area contributed by atoms with Crippen molar-refractivity contribution in [2.24, 2.45) is 0 Å².